The van der Waals surface area contributed by atoms with E-state index in [0.717, 1.165) is 17.0 Å². The number of hydrogen-bond acceptors (Lipinski definition) is 2. The fourth-order valence-electron chi connectivity index (χ4n) is 5.23. The van der Waals surface area contributed by atoms with Crippen LogP contribution in [0.5, 0.6) is 0 Å². The molecule has 0 saturated heterocycles. The van der Waals surface area contributed by atoms with E-state index in [0.29, 0.717) is 0 Å². The van der Waals surface area contributed by atoms with Crippen molar-refractivity contribution in [2.75, 3.05) is 4.57 Å². The Bertz CT molecular complexity index is 1550. The second-order valence-corrected chi connectivity index (χ2v) is 13.0. The molecule has 0 unspecified atom stereocenters. The number of allylic oxidation sites excluding steroid dienone is 1. The van der Waals surface area contributed by atoms with Gasteiger partial charge in [-0.3, -0.25) is 4.66 Å². The maximum atomic E-state index is 5.81. The van der Waals surface area contributed by atoms with Crippen molar-refractivity contribution in [2.24, 2.45) is 4.66 Å². The molecule has 38 heavy (non-hydrogen) atoms. The predicted molar refractivity (Wildman–Crippen MR) is 164 cm³/mol. The number of rotatable bonds is 5. The molecule has 5 aromatic rings. The van der Waals surface area contributed by atoms with Crippen molar-refractivity contribution in [1.82, 2.24) is 0 Å². The Balaban J connectivity index is 1.74. The highest BCUT2D eigenvalue weighted by molar-refractivity contribution is 7.05. The molecule has 0 fully saturated rings. The van der Waals surface area contributed by atoms with Crippen LogP contribution >= 0.6 is 0 Å². The molecule has 5 aromatic carbocycles. The van der Waals surface area contributed by atoms with Gasteiger partial charge in [-0.15, -0.1) is 0 Å². The second kappa shape index (κ2) is 10.1. The Hall–Kier alpha value is -4.47. The molecule has 0 saturated carbocycles. The van der Waals surface area contributed by atoms with Crippen LogP contribution in [0.25, 0.3) is 5.70 Å². The first-order valence-electron chi connectivity index (χ1n) is 13.1. The van der Waals surface area contributed by atoms with Crippen molar-refractivity contribution < 1.29 is 0 Å². The molecule has 0 spiro atoms. The summed E-state index contributed by atoms with van der Waals surface area (Å²) in [5, 5.41) is 2.50. The molecular formula is C35H30N2Si. The standard InChI is InChI=1S/C35H30N2Si/c1-27-18-22-29(23-19-27)34-26-35(30-12-6-3-7-13-30)37(31-24-20-28(2)21-25-31)38(36-34,32-14-8-4-9-15-32)33-16-10-5-11-17-33/h3-26H,1-2H3. The summed E-state index contributed by atoms with van der Waals surface area (Å²) in [6.07, 6.45) is 2.27. The molecule has 3 heteroatoms. The summed E-state index contributed by atoms with van der Waals surface area (Å²) in [5.41, 5.74) is 8.13. The third kappa shape index (κ3) is 4.31. The predicted octanol–water partition coefficient (Wildman–Crippen LogP) is 6.91. The van der Waals surface area contributed by atoms with Gasteiger partial charge in [-0.05, 0) is 53.6 Å². The summed E-state index contributed by atoms with van der Waals surface area (Å²) in [6.45, 7) is 4.27. The van der Waals surface area contributed by atoms with Crippen molar-refractivity contribution in [2.45, 2.75) is 13.8 Å². The van der Waals surface area contributed by atoms with E-state index in [1.165, 1.54) is 32.8 Å². The van der Waals surface area contributed by atoms with Gasteiger partial charge in [0.15, 0.2) is 0 Å². The van der Waals surface area contributed by atoms with Crippen LogP contribution in [0.15, 0.2) is 150 Å². The highest BCUT2D eigenvalue weighted by Crippen LogP contribution is 2.36. The molecule has 0 radical (unpaired) electrons. The zero-order valence-electron chi connectivity index (χ0n) is 21.8. The highest BCUT2D eigenvalue weighted by atomic mass is 28.3. The molecule has 0 N–H and O–H groups in total. The summed E-state index contributed by atoms with van der Waals surface area (Å²) in [5.74, 6) is 0. The molecule has 0 atom stereocenters. The van der Waals surface area contributed by atoms with Gasteiger partial charge in [-0.2, -0.15) is 0 Å². The molecule has 0 aliphatic carbocycles. The normalized spacial score (nSPS) is 14.5. The van der Waals surface area contributed by atoms with Gasteiger partial charge >= 0.3 is 8.40 Å². The number of anilines is 1. The summed E-state index contributed by atoms with van der Waals surface area (Å²) in [6, 6.07) is 50.1. The van der Waals surface area contributed by atoms with E-state index >= 15 is 0 Å². The number of benzene rings is 5. The zero-order valence-corrected chi connectivity index (χ0v) is 22.8. The van der Waals surface area contributed by atoms with Crippen molar-refractivity contribution in [3.63, 3.8) is 0 Å². The average molecular weight is 507 g/mol. The number of hydrogen-bond donors (Lipinski definition) is 0. The van der Waals surface area contributed by atoms with Gasteiger partial charge < -0.3 is 4.57 Å². The lowest BCUT2D eigenvalue weighted by molar-refractivity contribution is 1.30. The van der Waals surface area contributed by atoms with E-state index in [1.807, 2.05) is 0 Å². The summed E-state index contributed by atoms with van der Waals surface area (Å²) in [7, 11) is -2.97. The van der Waals surface area contributed by atoms with E-state index in [9.17, 15) is 0 Å². The molecule has 0 aromatic heterocycles. The molecule has 1 aliphatic rings. The van der Waals surface area contributed by atoms with Crippen LogP contribution in [0.2, 0.25) is 0 Å². The Labute approximate surface area is 226 Å². The molecule has 184 valence electrons. The summed E-state index contributed by atoms with van der Waals surface area (Å²) >= 11 is 0. The first-order chi connectivity index (χ1) is 18.6. The lowest BCUT2D eigenvalue weighted by Gasteiger charge is -2.45. The van der Waals surface area contributed by atoms with Gasteiger partial charge in [0.05, 0.1) is 5.71 Å². The topological polar surface area (TPSA) is 15.6 Å². The van der Waals surface area contributed by atoms with E-state index in [-0.39, 0.29) is 0 Å². The third-order valence-corrected chi connectivity index (χ3v) is 11.2. The summed E-state index contributed by atoms with van der Waals surface area (Å²) in [4.78, 5) is 0. The smallest absolute Gasteiger partial charge is 0.342 e. The Morgan fingerprint density at radius 2 is 0.974 bits per heavy atom. The Kier molecular flexibility index (Phi) is 6.36. The van der Waals surface area contributed by atoms with Gasteiger partial charge in [0.1, 0.15) is 0 Å². The van der Waals surface area contributed by atoms with Crippen molar-refractivity contribution >= 4 is 35.9 Å². The highest BCUT2D eigenvalue weighted by Gasteiger charge is 2.49. The molecule has 1 heterocycles. The first-order valence-corrected chi connectivity index (χ1v) is 15.0. The lowest BCUT2D eigenvalue weighted by atomic mass is 10.0. The van der Waals surface area contributed by atoms with Gasteiger partial charge in [0, 0.05) is 11.4 Å². The maximum absolute atomic E-state index is 5.81. The quantitative estimate of drug-likeness (QED) is 0.237. The Morgan fingerprint density at radius 1 is 0.500 bits per heavy atom. The van der Waals surface area contributed by atoms with Crippen LogP contribution in [0.4, 0.5) is 5.69 Å². The SMILES string of the molecule is Cc1ccc(C2=N[Si](c3ccccc3)(c3ccccc3)N(c3ccc(C)cc3)C(c3ccccc3)=C2)cc1. The van der Waals surface area contributed by atoms with Crippen LogP contribution < -0.4 is 14.9 Å². The van der Waals surface area contributed by atoms with Crippen LogP contribution in [0.1, 0.15) is 22.3 Å². The largest absolute Gasteiger partial charge is 0.354 e. The monoisotopic (exact) mass is 506 g/mol. The molecular weight excluding hydrogens is 476 g/mol. The number of aryl methyl sites for hydroxylation is 2. The molecule has 0 bridgehead atoms. The minimum Gasteiger partial charge on any atom is -0.342 e. The third-order valence-electron chi connectivity index (χ3n) is 7.18. The molecule has 2 nitrogen and oxygen atoms in total. The van der Waals surface area contributed by atoms with Gasteiger partial charge in [-0.25, -0.2) is 0 Å². The maximum Gasteiger partial charge on any atom is 0.354 e. The molecule has 1 aliphatic heterocycles. The minimum absolute atomic E-state index is 1.02. The van der Waals surface area contributed by atoms with E-state index in [2.05, 4.69) is 164 Å². The fraction of sp³-hybridized carbons (Fsp3) is 0.0571. The van der Waals surface area contributed by atoms with Crippen LogP contribution in [-0.4, -0.2) is 14.1 Å². The Morgan fingerprint density at radius 3 is 1.50 bits per heavy atom. The van der Waals surface area contributed by atoms with E-state index < -0.39 is 8.40 Å². The van der Waals surface area contributed by atoms with E-state index in [1.54, 1.807) is 0 Å². The minimum atomic E-state index is -2.97. The summed E-state index contributed by atoms with van der Waals surface area (Å²) < 4.78 is 8.36. The first kappa shape index (κ1) is 23.9. The molecule has 6 rings (SSSR count). The average Bonchev–Trinajstić information content (AvgIpc) is 2.99. The fourth-order valence-corrected chi connectivity index (χ4v) is 9.36. The lowest BCUT2D eigenvalue weighted by Crippen LogP contribution is -2.70. The zero-order chi connectivity index (χ0) is 26.0. The molecule has 0 amide bonds. The van der Waals surface area contributed by atoms with Gasteiger partial charge in [0.25, 0.3) is 0 Å². The van der Waals surface area contributed by atoms with Crippen LogP contribution in [0.3, 0.4) is 0 Å². The van der Waals surface area contributed by atoms with Crippen molar-refractivity contribution in [1.29, 1.82) is 0 Å². The van der Waals surface area contributed by atoms with Crippen molar-refractivity contribution in [3.8, 4) is 0 Å². The van der Waals surface area contributed by atoms with Gasteiger partial charge in [-0.1, -0.05) is 139 Å². The number of nitrogens with zero attached hydrogens (tertiary/aromatic N) is 2. The second-order valence-electron chi connectivity index (χ2n) is 9.83. The van der Waals surface area contributed by atoms with Crippen LogP contribution in [0, 0.1) is 13.8 Å². The van der Waals surface area contributed by atoms with Crippen LogP contribution in [-0.2, 0) is 0 Å². The van der Waals surface area contributed by atoms with E-state index in [4.69, 9.17) is 4.66 Å². The van der Waals surface area contributed by atoms with Crippen molar-refractivity contribution in [3.05, 3.63) is 168 Å². The van der Waals surface area contributed by atoms with Gasteiger partial charge in [0.2, 0.25) is 0 Å².